The lowest BCUT2D eigenvalue weighted by Crippen LogP contribution is -2.30. The number of nitrogens with zero attached hydrogens (tertiary/aromatic N) is 4. The van der Waals surface area contributed by atoms with Gasteiger partial charge in [0, 0.05) is 5.69 Å². The van der Waals surface area contributed by atoms with E-state index in [4.69, 9.17) is 9.47 Å². The summed E-state index contributed by atoms with van der Waals surface area (Å²) in [5.74, 6) is 1.06. The third-order valence-electron chi connectivity index (χ3n) is 4.50. The number of hydrogen-bond acceptors (Lipinski definition) is 6. The minimum atomic E-state index is -0.673. The zero-order valence-electron chi connectivity index (χ0n) is 16.9. The van der Waals surface area contributed by atoms with E-state index >= 15 is 0 Å². The van der Waals surface area contributed by atoms with Gasteiger partial charge in [0.1, 0.15) is 24.4 Å². The summed E-state index contributed by atoms with van der Waals surface area (Å²) in [4.78, 5) is 12.5. The molecular weight excluding hydrogens is 394 g/mol. The molecule has 0 saturated heterocycles. The van der Waals surface area contributed by atoms with Crippen LogP contribution in [0, 0.1) is 0 Å². The Morgan fingerprint density at radius 3 is 2.35 bits per heavy atom. The third-order valence-corrected chi connectivity index (χ3v) is 4.50. The summed E-state index contributed by atoms with van der Waals surface area (Å²) in [5, 5.41) is 13.9. The molecule has 8 nitrogen and oxygen atoms in total. The second-order valence-electron chi connectivity index (χ2n) is 6.80. The predicted molar refractivity (Wildman–Crippen MR) is 115 cm³/mol. The van der Waals surface area contributed by atoms with Crippen LogP contribution in [0.25, 0.3) is 5.69 Å². The number of carbonyl (C=O) groups is 1. The molecule has 0 radical (unpaired) electrons. The van der Waals surface area contributed by atoms with Crippen molar-refractivity contribution in [2.45, 2.75) is 19.6 Å². The summed E-state index contributed by atoms with van der Waals surface area (Å²) in [6.07, 6.45) is 0.831. The van der Waals surface area contributed by atoms with Crippen LogP contribution in [0.1, 0.15) is 12.5 Å². The van der Waals surface area contributed by atoms with Crippen LogP contribution in [0.15, 0.2) is 85.2 Å². The fourth-order valence-corrected chi connectivity index (χ4v) is 2.83. The molecule has 0 aliphatic heterocycles. The van der Waals surface area contributed by atoms with E-state index in [0.717, 1.165) is 17.0 Å². The van der Waals surface area contributed by atoms with E-state index < -0.39 is 6.10 Å². The van der Waals surface area contributed by atoms with Gasteiger partial charge in [-0.1, -0.05) is 30.3 Å². The zero-order chi connectivity index (χ0) is 21.5. The van der Waals surface area contributed by atoms with Crippen LogP contribution in [-0.4, -0.2) is 32.2 Å². The highest BCUT2D eigenvalue weighted by Crippen LogP contribution is 2.19. The van der Waals surface area contributed by atoms with Gasteiger partial charge in [-0.2, -0.15) is 0 Å². The quantitative estimate of drug-likeness (QED) is 0.472. The summed E-state index contributed by atoms with van der Waals surface area (Å²) >= 11 is 0. The molecule has 1 amide bonds. The molecule has 1 atom stereocenters. The molecule has 0 spiro atoms. The smallest absolute Gasteiger partial charge is 0.265 e. The van der Waals surface area contributed by atoms with Crippen LogP contribution >= 0.6 is 0 Å². The van der Waals surface area contributed by atoms with Crippen molar-refractivity contribution in [2.24, 2.45) is 0 Å². The Balaban J connectivity index is 1.28. The van der Waals surface area contributed by atoms with Gasteiger partial charge in [0.25, 0.3) is 5.91 Å². The molecule has 0 bridgehead atoms. The fraction of sp³-hybridized carbons (Fsp3) is 0.130. The van der Waals surface area contributed by atoms with Gasteiger partial charge in [0.2, 0.25) is 0 Å². The number of ether oxygens (including phenoxy) is 2. The van der Waals surface area contributed by atoms with Gasteiger partial charge in [-0.25, -0.2) is 4.68 Å². The van der Waals surface area contributed by atoms with E-state index in [2.05, 4.69) is 20.8 Å². The average Bonchev–Trinajstić information content (AvgIpc) is 3.35. The van der Waals surface area contributed by atoms with Crippen molar-refractivity contribution in [1.29, 1.82) is 0 Å². The molecule has 0 aliphatic carbocycles. The molecule has 3 aromatic carbocycles. The highest BCUT2D eigenvalue weighted by atomic mass is 16.5. The van der Waals surface area contributed by atoms with Crippen molar-refractivity contribution in [3.63, 3.8) is 0 Å². The molecule has 4 aromatic rings. The number of rotatable bonds is 8. The number of hydrogen-bond donors (Lipinski definition) is 1. The lowest BCUT2D eigenvalue weighted by Gasteiger charge is -2.15. The van der Waals surface area contributed by atoms with Crippen molar-refractivity contribution in [1.82, 2.24) is 20.2 Å². The Morgan fingerprint density at radius 2 is 1.68 bits per heavy atom. The summed E-state index contributed by atoms with van der Waals surface area (Å²) in [7, 11) is 0. The van der Waals surface area contributed by atoms with Crippen molar-refractivity contribution in [3.05, 3.63) is 90.8 Å². The molecule has 0 fully saturated rings. The maximum atomic E-state index is 12.5. The Bertz CT molecular complexity index is 1100. The third kappa shape index (κ3) is 5.45. The minimum Gasteiger partial charge on any atom is -0.489 e. The van der Waals surface area contributed by atoms with Crippen LogP contribution < -0.4 is 14.8 Å². The molecule has 1 aromatic heterocycles. The van der Waals surface area contributed by atoms with Crippen LogP contribution in [0.4, 0.5) is 5.69 Å². The van der Waals surface area contributed by atoms with Crippen LogP contribution in [-0.2, 0) is 11.4 Å². The summed E-state index contributed by atoms with van der Waals surface area (Å²) in [6.45, 7) is 2.19. The molecule has 8 heteroatoms. The topological polar surface area (TPSA) is 91.2 Å². The Kier molecular flexibility index (Phi) is 6.18. The SMILES string of the molecule is C[C@@H](Oc1ccc(-n2cnnn2)cc1)C(=O)Nc1ccc(OCc2ccccc2)cc1. The van der Waals surface area contributed by atoms with Crippen molar-refractivity contribution >= 4 is 11.6 Å². The highest BCUT2D eigenvalue weighted by molar-refractivity contribution is 5.94. The average molecular weight is 415 g/mol. The van der Waals surface area contributed by atoms with Gasteiger partial charge < -0.3 is 14.8 Å². The first-order chi connectivity index (χ1) is 15.2. The molecule has 4 rings (SSSR count). The molecule has 0 saturated carbocycles. The minimum absolute atomic E-state index is 0.248. The monoisotopic (exact) mass is 415 g/mol. The Morgan fingerprint density at radius 1 is 0.968 bits per heavy atom. The fourth-order valence-electron chi connectivity index (χ4n) is 2.83. The molecule has 31 heavy (non-hydrogen) atoms. The summed E-state index contributed by atoms with van der Waals surface area (Å²) in [6, 6.07) is 24.3. The molecule has 1 N–H and O–H groups in total. The number of tetrazole rings is 1. The van der Waals surface area contributed by atoms with Crippen LogP contribution in [0.2, 0.25) is 0 Å². The number of benzene rings is 3. The number of aromatic nitrogens is 4. The van der Waals surface area contributed by atoms with E-state index in [0.29, 0.717) is 18.0 Å². The van der Waals surface area contributed by atoms with Crippen molar-refractivity contribution in [3.8, 4) is 17.2 Å². The Labute approximate surface area is 179 Å². The number of amides is 1. The van der Waals surface area contributed by atoms with Crippen LogP contribution in [0.5, 0.6) is 11.5 Å². The van der Waals surface area contributed by atoms with E-state index in [-0.39, 0.29) is 5.91 Å². The molecule has 0 aliphatic rings. The van der Waals surface area contributed by atoms with Gasteiger partial charge in [-0.15, -0.1) is 5.10 Å². The summed E-state index contributed by atoms with van der Waals surface area (Å²) in [5.41, 5.74) is 2.56. The first-order valence-corrected chi connectivity index (χ1v) is 9.75. The maximum absolute atomic E-state index is 12.5. The first-order valence-electron chi connectivity index (χ1n) is 9.75. The molecule has 0 unspecified atom stereocenters. The largest absolute Gasteiger partial charge is 0.489 e. The normalized spacial score (nSPS) is 11.5. The second-order valence-corrected chi connectivity index (χ2v) is 6.80. The summed E-state index contributed by atoms with van der Waals surface area (Å²) < 4.78 is 13.0. The Hall–Kier alpha value is -4.20. The molecule has 156 valence electrons. The van der Waals surface area contributed by atoms with E-state index in [9.17, 15) is 4.79 Å². The van der Waals surface area contributed by atoms with E-state index in [1.54, 1.807) is 31.2 Å². The first kappa shape index (κ1) is 20.1. The lowest BCUT2D eigenvalue weighted by atomic mass is 10.2. The lowest BCUT2D eigenvalue weighted by molar-refractivity contribution is -0.122. The number of carbonyl (C=O) groups excluding carboxylic acids is 1. The number of nitrogens with one attached hydrogen (secondary N) is 1. The second kappa shape index (κ2) is 9.53. The standard InChI is InChI=1S/C23H21N5O3/c1-17(31-22-13-9-20(10-14-22)28-16-24-26-27-28)23(29)25-19-7-11-21(12-8-19)30-15-18-5-3-2-4-6-18/h2-14,16-17H,15H2,1H3,(H,25,29)/t17-/m1/s1. The predicted octanol–water partition coefficient (Wildman–Crippen LogP) is 3.65. The molecular formula is C23H21N5O3. The van der Waals surface area contributed by atoms with E-state index in [1.165, 1.54) is 11.0 Å². The van der Waals surface area contributed by atoms with Gasteiger partial charge >= 0.3 is 0 Å². The highest BCUT2D eigenvalue weighted by Gasteiger charge is 2.15. The maximum Gasteiger partial charge on any atom is 0.265 e. The van der Waals surface area contributed by atoms with Gasteiger partial charge in [-0.3, -0.25) is 4.79 Å². The van der Waals surface area contributed by atoms with Gasteiger partial charge in [-0.05, 0) is 71.4 Å². The molecule has 1 heterocycles. The van der Waals surface area contributed by atoms with Gasteiger partial charge in [0.15, 0.2) is 6.10 Å². The van der Waals surface area contributed by atoms with Crippen LogP contribution in [0.3, 0.4) is 0 Å². The number of anilines is 1. The van der Waals surface area contributed by atoms with Gasteiger partial charge in [0.05, 0.1) is 5.69 Å². The van der Waals surface area contributed by atoms with E-state index in [1.807, 2.05) is 54.6 Å². The van der Waals surface area contributed by atoms with Crippen molar-refractivity contribution < 1.29 is 14.3 Å². The van der Waals surface area contributed by atoms with Crippen molar-refractivity contribution in [2.75, 3.05) is 5.32 Å². The zero-order valence-corrected chi connectivity index (χ0v) is 16.9.